The van der Waals surface area contributed by atoms with Gasteiger partial charge in [0.05, 0.1) is 6.54 Å². The van der Waals surface area contributed by atoms with Gasteiger partial charge in [-0.2, -0.15) is 0 Å². The standard InChI is InChI=1S/C15H17F2NO2/c16-12-3-1-4-13(17)11(12)9-18(10-6-7-10)15(19)14-5-2-8-20-14/h1,3-4,10,14H,2,5-9H2/t14-/m1/s1. The van der Waals surface area contributed by atoms with Gasteiger partial charge in [0, 0.05) is 18.2 Å². The zero-order valence-electron chi connectivity index (χ0n) is 11.1. The van der Waals surface area contributed by atoms with Gasteiger partial charge in [-0.05, 0) is 37.8 Å². The predicted molar refractivity (Wildman–Crippen MR) is 68.9 cm³/mol. The number of nitrogens with zero attached hydrogens (tertiary/aromatic N) is 1. The van der Waals surface area contributed by atoms with E-state index in [1.54, 1.807) is 4.90 Å². The first-order valence-corrected chi connectivity index (χ1v) is 7.02. The van der Waals surface area contributed by atoms with E-state index in [0.717, 1.165) is 19.3 Å². The summed E-state index contributed by atoms with van der Waals surface area (Å²) >= 11 is 0. The Morgan fingerprint density at radius 2 is 1.95 bits per heavy atom. The Morgan fingerprint density at radius 1 is 1.25 bits per heavy atom. The molecule has 1 atom stereocenters. The molecule has 1 aliphatic carbocycles. The third kappa shape index (κ3) is 2.68. The number of benzene rings is 1. The van der Waals surface area contributed by atoms with Gasteiger partial charge in [0.25, 0.3) is 5.91 Å². The summed E-state index contributed by atoms with van der Waals surface area (Å²) in [4.78, 5) is 14.0. The molecule has 0 aromatic heterocycles. The topological polar surface area (TPSA) is 29.5 Å². The Bertz CT molecular complexity index is 490. The molecule has 3 rings (SSSR count). The first-order valence-electron chi connectivity index (χ1n) is 7.02. The van der Waals surface area contributed by atoms with Crippen LogP contribution in [-0.4, -0.2) is 29.6 Å². The summed E-state index contributed by atoms with van der Waals surface area (Å²) in [5.74, 6) is -1.33. The number of rotatable bonds is 4. The molecule has 108 valence electrons. The van der Waals surface area contributed by atoms with Crippen LogP contribution in [0.2, 0.25) is 0 Å². The highest BCUT2D eigenvalue weighted by molar-refractivity contribution is 5.81. The second-order valence-corrected chi connectivity index (χ2v) is 5.40. The first-order chi connectivity index (χ1) is 9.66. The maximum Gasteiger partial charge on any atom is 0.252 e. The minimum atomic E-state index is -0.601. The van der Waals surface area contributed by atoms with Gasteiger partial charge in [0.1, 0.15) is 17.7 Å². The minimum absolute atomic E-state index is 0.0120. The lowest BCUT2D eigenvalue weighted by Gasteiger charge is -2.25. The number of hydrogen-bond acceptors (Lipinski definition) is 2. The van der Waals surface area contributed by atoms with E-state index < -0.39 is 17.7 Å². The summed E-state index contributed by atoms with van der Waals surface area (Å²) in [6, 6.07) is 3.88. The van der Waals surface area contributed by atoms with E-state index in [-0.39, 0.29) is 24.1 Å². The molecule has 1 aliphatic heterocycles. The van der Waals surface area contributed by atoms with Gasteiger partial charge in [0.15, 0.2) is 0 Å². The van der Waals surface area contributed by atoms with E-state index in [9.17, 15) is 13.6 Å². The molecular weight excluding hydrogens is 264 g/mol. The molecule has 0 unspecified atom stereocenters. The fourth-order valence-corrected chi connectivity index (χ4v) is 2.58. The van der Waals surface area contributed by atoms with E-state index in [0.29, 0.717) is 13.0 Å². The van der Waals surface area contributed by atoms with Crippen molar-refractivity contribution in [3.63, 3.8) is 0 Å². The monoisotopic (exact) mass is 281 g/mol. The molecule has 1 saturated heterocycles. The fraction of sp³-hybridized carbons (Fsp3) is 0.533. The second kappa shape index (κ2) is 5.48. The molecule has 20 heavy (non-hydrogen) atoms. The van der Waals surface area contributed by atoms with Crippen molar-refractivity contribution in [3.8, 4) is 0 Å². The molecule has 1 amide bonds. The zero-order chi connectivity index (χ0) is 14.1. The van der Waals surface area contributed by atoms with Gasteiger partial charge in [-0.15, -0.1) is 0 Å². The number of ether oxygens (including phenoxy) is 1. The maximum absolute atomic E-state index is 13.7. The largest absolute Gasteiger partial charge is 0.368 e. The lowest BCUT2D eigenvalue weighted by atomic mass is 10.1. The highest BCUT2D eigenvalue weighted by atomic mass is 19.1. The summed E-state index contributed by atoms with van der Waals surface area (Å²) in [6.07, 6.45) is 2.92. The number of carbonyl (C=O) groups excluding carboxylic acids is 1. The molecule has 5 heteroatoms. The van der Waals surface area contributed by atoms with Crippen molar-refractivity contribution >= 4 is 5.91 Å². The minimum Gasteiger partial charge on any atom is -0.368 e. The van der Waals surface area contributed by atoms with Crippen LogP contribution in [0.1, 0.15) is 31.2 Å². The normalized spacial score (nSPS) is 22.0. The predicted octanol–water partition coefficient (Wildman–Crippen LogP) is 2.63. The van der Waals surface area contributed by atoms with Crippen LogP contribution in [-0.2, 0) is 16.1 Å². The summed E-state index contributed by atoms with van der Waals surface area (Å²) in [7, 11) is 0. The molecule has 2 fully saturated rings. The van der Waals surface area contributed by atoms with Crippen LogP contribution in [0.3, 0.4) is 0 Å². The fourth-order valence-electron chi connectivity index (χ4n) is 2.58. The Balaban J connectivity index is 1.79. The maximum atomic E-state index is 13.7. The highest BCUT2D eigenvalue weighted by Gasteiger charge is 2.38. The molecule has 0 bridgehead atoms. The van der Waals surface area contributed by atoms with Crippen molar-refractivity contribution < 1.29 is 18.3 Å². The molecule has 1 saturated carbocycles. The highest BCUT2D eigenvalue weighted by Crippen LogP contribution is 2.31. The number of carbonyl (C=O) groups is 1. The van der Waals surface area contributed by atoms with Crippen molar-refractivity contribution in [2.45, 2.75) is 44.4 Å². The summed E-state index contributed by atoms with van der Waals surface area (Å²) in [6.45, 7) is 0.574. The number of amides is 1. The van der Waals surface area contributed by atoms with Crippen molar-refractivity contribution in [3.05, 3.63) is 35.4 Å². The van der Waals surface area contributed by atoms with Crippen LogP contribution < -0.4 is 0 Å². The van der Waals surface area contributed by atoms with Crippen LogP contribution in [0.25, 0.3) is 0 Å². The Hall–Kier alpha value is -1.49. The number of halogens is 2. The molecule has 0 radical (unpaired) electrons. The van der Waals surface area contributed by atoms with Crippen molar-refractivity contribution in [1.29, 1.82) is 0 Å². The third-order valence-corrected chi connectivity index (χ3v) is 3.87. The van der Waals surface area contributed by atoms with Gasteiger partial charge in [0.2, 0.25) is 0 Å². The molecular formula is C15H17F2NO2. The van der Waals surface area contributed by atoms with Crippen LogP contribution in [0, 0.1) is 11.6 Å². The average Bonchev–Trinajstić information content (AvgIpc) is 3.11. The van der Waals surface area contributed by atoms with E-state index in [1.807, 2.05) is 0 Å². The lowest BCUT2D eigenvalue weighted by molar-refractivity contribution is -0.142. The van der Waals surface area contributed by atoms with E-state index in [2.05, 4.69) is 0 Å². The van der Waals surface area contributed by atoms with Crippen LogP contribution >= 0.6 is 0 Å². The van der Waals surface area contributed by atoms with E-state index >= 15 is 0 Å². The summed E-state index contributed by atoms with van der Waals surface area (Å²) < 4.78 is 32.8. The Kier molecular flexibility index (Phi) is 3.70. The SMILES string of the molecule is O=C([C@H]1CCCO1)N(Cc1c(F)cccc1F)C1CC1. The van der Waals surface area contributed by atoms with Crippen molar-refractivity contribution in [2.24, 2.45) is 0 Å². The number of hydrogen-bond donors (Lipinski definition) is 0. The van der Waals surface area contributed by atoms with E-state index in [4.69, 9.17) is 4.74 Å². The molecule has 3 nitrogen and oxygen atoms in total. The zero-order valence-corrected chi connectivity index (χ0v) is 11.1. The summed E-state index contributed by atoms with van der Waals surface area (Å²) in [5, 5.41) is 0. The molecule has 1 aromatic carbocycles. The lowest BCUT2D eigenvalue weighted by Crippen LogP contribution is -2.40. The Labute approximate surface area is 116 Å². The smallest absolute Gasteiger partial charge is 0.252 e. The molecule has 0 spiro atoms. The second-order valence-electron chi connectivity index (χ2n) is 5.40. The van der Waals surface area contributed by atoms with Crippen molar-refractivity contribution in [1.82, 2.24) is 4.90 Å². The molecule has 1 aromatic rings. The third-order valence-electron chi connectivity index (χ3n) is 3.87. The summed E-state index contributed by atoms with van der Waals surface area (Å²) in [5.41, 5.74) is -0.0363. The van der Waals surface area contributed by atoms with Gasteiger partial charge in [-0.25, -0.2) is 8.78 Å². The van der Waals surface area contributed by atoms with Crippen LogP contribution in [0.5, 0.6) is 0 Å². The Morgan fingerprint density at radius 3 is 2.50 bits per heavy atom. The molecule has 1 heterocycles. The average molecular weight is 281 g/mol. The van der Waals surface area contributed by atoms with Gasteiger partial charge >= 0.3 is 0 Å². The van der Waals surface area contributed by atoms with Crippen LogP contribution in [0.15, 0.2) is 18.2 Å². The molecule has 0 N–H and O–H groups in total. The van der Waals surface area contributed by atoms with Gasteiger partial charge in [-0.1, -0.05) is 6.07 Å². The van der Waals surface area contributed by atoms with Gasteiger partial charge in [-0.3, -0.25) is 4.79 Å². The van der Waals surface area contributed by atoms with Crippen LogP contribution in [0.4, 0.5) is 8.78 Å². The van der Waals surface area contributed by atoms with E-state index in [1.165, 1.54) is 18.2 Å². The van der Waals surface area contributed by atoms with Gasteiger partial charge < -0.3 is 9.64 Å². The first kappa shape index (κ1) is 13.5. The van der Waals surface area contributed by atoms with Crippen molar-refractivity contribution in [2.75, 3.05) is 6.61 Å². The quantitative estimate of drug-likeness (QED) is 0.849. The molecule has 2 aliphatic rings.